The van der Waals surface area contributed by atoms with Crippen molar-refractivity contribution in [2.45, 2.75) is 39.3 Å². The van der Waals surface area contributed by atoms with Gasteiger partial charge >= 0.3 is 6.09 Å². The maximum absolute atomic E-state index is 12.2. The van der Waals surface area contributed by atoms with Crippen molar-refractivity contribution in [2.24, 2.45) is 0 Å². The lowest BCUT2D eigenvalue weighted by molar-refractivity contribution is -0.104. The molecule has 1 N–H and O–H groups in total. The molecule has 0 saturated carbocycles. The van der Waals surface area contributed by atoms with Crippen molar-refractivity contribution in [2.75, 3.05) is 37.6 Å². The molecule has 9 heteroatoms. The molecule has 25 heavy (non-hydrogen) atoms. The summed E-state index contributed by atoms with van der Waals surface area (Å²) in [6.45, 7) is 8.92. The second-order valence-electron chi connectivity index (χ2n) is 7.33. The van der Waals surface area contributed by atoms with Crippen LogP contribution in [0.4, 0.5) is 10.6 Å². The first-order valence-corrected chi connectivity index (χ1v) is 8.83. The Morgan fingerprint density at radius 2 is 1.84 bits per heavy atom. The number of hydrogen-bond acceptors (Lipinski definition) is 7. The van der Waals surface area contributed by atoms with Crippen LogP contribution in [-0.4, -0.2) is 69.6 Å². The van der Waals surface area contributed by atoms with Crippen molar-refractivity contribution in [3.8, 4) is 0 Å². The van der Waals surface area contributed by atoms with Gasteiger partial charge in [0.25, 0.3) is 0 Å². The van der Waals surface area contributed by atoms with Crippen LogP contribution < -0.4 is 4.90 Å². The lowest BCUT2D eigenvalue weighted by Gasteiger charge is -2.37. The van der Waals surface area contributed by atoms with Crippen LogP contribution in [0, 0.1) is 0 Å². The normalized spacial score (nSPS) is 18.9. The lowest BCUT2D eigenvalue weighted by atomic mass is 10.1. The Morgan fingerprint density at radius 1 is 1.16 bits per heavy atom. The Hall–Kier alpha value is -1.64. The molecule has 0 aliphatic carbocycles. The molecular weight excluding hydrogens is 346 g/mol. The molecule has 0 radical (unpaired) electrons. The van der Waals surface area contributed by atoms with Crippen LogP contribution >= 0.6 is 11.6 Å². The van der Waals surface area contributed by atoms with Crippen LogP contribution in [0.15, 0.2) is 0 Å². The predicted molar refractivity (Wildman–Crippen MR) is 93.0 cm³/mol. The summed E-state index contributed by atoms with van der Waals surface area (Å²) in [5.41, 5.74) is 1.29. The Kier molecular flexibility index (Phi) is 5.04. The molecule has 2 aliphatic heterocycles. The number of ether oxygens (including phenoxy) is 1. The van der Waals surface area contributed by atoms with E-state index < -0.39 is 5.60 Å². The highest BCUT2D eigenvalue weighted by Crippen LogP contribution is 2.28. The molecule has 3 rings (SSSR count). The molecule has 1 aromatic heterocycles. The highest BCUT2D eigenvalue weighted by atomic mass is 35.5. The van der Waals surface area contributed by atoms with Gasteiger partial charge in [0.15, 0.2) is 0 Å². The van der Waals surface area contributed by atoms with Crippen LogP contribution in [0.3, 0.4) is 0 Å². The van der Waals surface area contributed by atoms with E-state index in [1.165, 1.54) is 5.06 Å². The SMILES string of the molecule is CC(C)(C)OC(=O)N1CCN(c2nc(Cl)nc3c2CCN(O)C3)CC1. The average Bonchev–Trinajstić information content (AvgIpc) is 2.52. The number of hydrogen-bond donors (Lipinski definition) is 1. The summed E-state index contributed by atoms with van der Waals surface area (Å²) in [5.74, 6) is 0.812. The van der Waals surface area contributed by atoms with Crippen molar-refractivity contribution in [1.29, 1.82) is 0 Å². The molecule has 1 saturated heterocycles. The topological polar surface area (TPSA) is 82.0 Å². The fourth-order valence-corrected chi connectivity index (χ4v) is 3.24. The molecule has 0 unspecified atom stereocenters. The van der Waals surface area contributed by atoms with Gasteiger partial charge in [0.05, 0.1) is 12.2 Å². The second-order valence-corrected chi connectivity index (χ2v) is 7.67. The summed E-state index contributed by atoms with van der Waals surface area (Å²) in [5, 5.41) is 11.1. The summed E-state index contributed by atoms with van der Waals surface area (Å²) in [7, 11) is 0. The zero-order chi connectivity index (χ0) is 18.2. The van der Waals surface area contributed by atoms with Crippen LogP contribution in [-0.2, 0) is 17.7 Å². The average molecular weight is 370 g/mol. The van der Waals surface area contributed by atoms with E-state index in [0.29, 0.717) is 45.7 Å². The zero-order valence-corrected chi connectivity index (χ0v) is 15.6. The maximum Gasteiger partial charge on any atom is 0.410 e. The van der Waals surface area contributed by atoms with Gasteiger partial charge in [-0.1, -0.05) is 0 Å². The van der Waals surface area contributed by atoms with Gasteiger partial charge in [-0.2, -0.15) is 5.06 Å². The molecule has 0 bridgehead atoms. The number of anilines is 1. The molecule has 138 valence electrons. The molecule has 3 heterocycles. The van der Waals surface area contributed by atoms with Crippen molar-refractivity contribution in [1.82, 2.24) is 19.9 Å². The number of fused-ring (bicyclic) bond motifs is 1. The van der Waals surface area contributed by atoms with Gasteiger partial charge < -0.3 is 19.7 Å². The third-order valence-corrected chi connectivity index (χ3v) is 4.40. The smallest absolute Gasteiger partial charge is 0.410 e. The Bertz CT molecular complexity index is 656. The molecule has 0 spiro atoms. The van der Waals surface area contributed by atoms with Gasteiger partial charge in [0.1, 0.15) is 11.4 Å². The van der Waals surface area contributed by atoms with Gasteiger partial charge in [-0.3, -0.25) is 0 Å². The van der Waals surface area contributed by atoms with Gasteiger partial charge in [0, 0.05) is 38.3 Å². The maximum atomic E-state index is 12.2. The van der Waals surface area contributed by atoms with E-state index in [1.54, 1.807) is 4.90 Å². The third-order valence-electron chi connectivity index (χ3n) is 4.23. The molecule has 0 atom stereocenters. The minimum atomic E-state index is -0.496. The molecule has 1 amide bonds. The molecular formula is C16H24ClN5O3. The third kappa shape index (κ3) is 4.31. The van der Waals surface area contributed by atoms with E-state index >= 15 is 0 Å². The van der Waals surface area contributed by atoms with Crippen molar-refractivity contribution >= 4 is 23.5 Å². The number of aromatic nitrogens is 2. The van der Waals surface area contributed by atoms with Crippen LogP contribution in [0.5, 0.6) is 0 Å². The number of halogens is 1. The number of amides is 1. The summed E-state index contributed by atoms with van der Waals surface area (Å²) < 4.78 is 5.43. The highest BCUT2D eigenvalue weighted by molar-refractivity contribution is 6.28. The van der Waals surface area contributed by atoms with Gasteiger partial charge in [-0.05, 0) is 38.8 Å². The first kappa shape index (κ1) is 18.2. The summed E-state index contributed by atoms with van der Waals surface area (Å²) >= 11 is 6.07. The molecule has 2 aliphatic rings. The van der Waals surface area contributed by atoms with Crippen LogP contribution in [0.25, 0.3) is 0 Å². The number of carbonyl (C=O) groups is 1. The zero-order valence-electron chi connectivity index (χ0n) is 14.8. The summed E-state index contributed by atoms with van der Waals surface area (Å²) in [4.78, 5) is 24.7. The van der Waals surface area contributed by atoms with Crippen molar-refractivity contribution < 1.29 is 14.7 Å². The van der Waals surface area contributed by atoms with E-state index in [2.05, 4.69) is 14.9 Å². The van der Waals surface area contributed by atoms with E-state index in [0.717, 1.165) is 17.1 Å². The summed E-state index contributed by atoms with van der Waals surface area (Å²) in [6, 6.07) is 0. The minimum Gasteiger partial charge on any atom is -0.444 e. The number of piperazine rings is 1. The van der Waals surface area contributed by atoms with E-state index in [4.69, 9.17) is 16.3 Å². The van der Waals surface area contributed by atoms with Crippen LogP contribution in [0.2, 0.25) is 5.28 Å². The standard InChI is InChI=1S/C16H24ClN5O3/c1-16(2,3)25-15(23)21-8-6-20(7-9-21)13-11-4-5-22(24)10-12(11)18-14(17)19-13/h24H,4-10H2,1-3H3. The van der Waals surface area contributed by atoms with Gasteiger partial charge in [0.2, 0.25) is 5.28 Å². The molecule has 1 aromatic rings. The van der Waals surface area contributed by atoms with E-state index in [-0.39, 0.29) is 11.4 Å². The molecule has 8 nitrogen and oxygen atoms in total. The first-order valence-electron chi connectivity index (χ1n) is 8.45. The highest BCUT2D eigenvalue weighted by Gasteiger charge is 2.29. The van der Waals surface area contributed by atoms with Crippen molar-refractivity contribution in [3.63, 3.8) is 0 Å². The van der Waals surface area contributed by atoms with E-state index in [1.807, 2.05) is 20.8 Å². The number of nitrogens with zero attached hydrogens (tertiary/aromatic N) is 5. The Morgan fingerprint density at radius 3 is 2.48 bits per heavy atom. The Balaban J connectivity index is 1.70. The monoisotopic (exact) mass is 369 g/mol. The minimum absolute atomic E-state index is 0.179. The largest absolute Gasteiger partial charge is 0.444 e. The number of rotatable bonds is 1. The molecule has 0 aromatic carbocycles. The van der Waals surface area contributed by atoms with Gasteiger partial charge in [-0.25, -0.2) is 14.8 Å². The fraction of sp³-hybridized carbons (Fsp3) is 0.688. The van der Waals surface area contributed by atoms with Crippen molar-refractivity contribution in [3.05, 3.63) is 16.5 Å². The number of carbonyl (C=O) groups excluding carboxylic acids is 1. The van der Waals surface area contributed by atoms with E-state index in [9.17, 15) is 10.0 Å². The molecule has 1 fully saturated rings. The Labute approximate surface area is 152 Å². The quantitative estimate of drug-likeness (QED) is 0.757. The van der Waals surface area contributed by atoms with Crippen LogP contribution in [0.1, 0.15) is 32.0 Å². The number of hydroxylamine groups is 2. The predicted octanol–water partition coefficient (Wildman–Crippen LogP) is 1.93. The summed E-state index contributed by atoms with van der Waals surface area (Å²) in [6.07, 6.45) is 0.385. The van der Waals surface area contributed by atoms with Gasteiger partial charge in [-0.15, -0.1) is 0 Å². The fourth-order valence-electron chi connectivity index (χ4n) is 3.06. The lowest BCUT2D eigenvalue weighted by Crippen LogP contribution is -2.50. The second kappa shape index (κ2) is 6.93. The first-order chi connectivity index (χ1) is 11.7.